The first-order valence-corrected chi connectivity index (χ1v) is 5.44. The Labute approximate surface area is 89.9 Å². The van der Waals surface area contributed by atoms with E-state index in [-0.39, 0.29) is 5.78 Å². The minimum absolute atomic E-state index is 0.0835. The molecule has 1 N–H and O–H groups in total. The van der Waals surface area contributed by atoms with E-state index in [4.69, 9.17) is 0 Å². The number of carbonyl (C=O) groups excluding carboxylic acids is 1. The van der Waals surface area contributed by atoms with Crippen molar-refractivity contribution in [3.05, 3.63) is 22.9 Å². The fourth-order valence-electron chi connectivity index (χ4n) is 2.09. The zero-order chi connectivity index (χ0) is 10.8. The summed E-state index contributed by atoms with van der Waals surface area (Å²) < 4.78 is 0. The van der Waals surface area contributed by atoms with Gasteiger partial charge in [0.1, 0.15) is 5.82 Å². The van der Waals surface area contributed by atoms with E-state index in [0.717, 1.165) is 29.9 Å². The molecule has 0 fully saturated rings. The number of aryl methyl sites for hydroxylation is 2. The van der Waals surface area contributed by atoms with E-state index in [1.54, 1.807) is 6.92 Å². The Morgan fingerprint density at radius 3 is 2.80 bits per heavy atom. The van der Waals surface area contributed by atoms with Crippen molar-refractivity contribution in [1.29, 1.82) is 0 Å². The molecule has 1 aromatic rings. The van der Waals surface area contributed by atoms with Crippen molar-refractivity contribution in [1.82, 2.24) is 4.98 Å². The van der Waals surface area contributed by atoms with Crippen molar-refractivity contribution in [2.24, 2.45) is 0 Å². The van der Waals surface area contributed by atoms with Gasteiger partial charge in [0.15, 0.2) is 5.78 Å². The number of hydrogen-bond donors (Lipinski definition) is 1. The Hall–Kier alpha value is -1.38. The first-order valence-electron chi connectivity index (χ1n) is 5.44. The Kier molecular flexibility index (Phi) is 2.71. The summed E-state index contributed by atoms with van der Waals surface area (Å²) in [6, 6.07) is 2.01. The van der Waals surface area contributed by atoms with Crippen LogP contribution in [0.5, 0.6) is 0 Å². The minimum Gasteiger partial charge on any atom is -0.373 e. The van der Waals surface area contributed by atoms with E-state index in [9.17, 15) is 4.79 Å². The fourth-order valence-corrected chi connectivity index (χ4v) is 2.09. The van der Waals surface area contributed by atoms with Crippen LogP contribution in [0.3, 0.4) is 0 Å². The predicted molar refractivity (Wildman–Crippen MR) is 60.4 cm³/mol. The fraction of sp³-hybridized carbons (Fsp3) is 0.500. The van der Waals surface area contributed by atoms with Gasteiger partial charge in [-0.25, -0.2) is 4.98 Å². The molecule has 0 amide bonds. The van der Waals surface area contributed by atoms with Crippen LogP contribution < -0.4 is 5.32 Å². The van der Waals surface area contributed by atoms with Crippen LogP contribution in [0.25, 0.3) is 0 Å². The van der Waals surface area contributed by atoms with Crippen molar-refractivity contribution in [2.45, 2.75) is 32.6 Å². The van der Waals surface area contributed by atoms with Crippen LogP contribution >= 0.6 is 0 Å². The van der Waals surface area contributed by atoms with Crippen molar-refractivity contribution >= 4 is 11.6 Å². The standard InChI is InChI=1S/C12H16N2O/c1-8(15)10-7-9-5-3-4-6-11(9)14-12(10)13-2/h7H,3-6H2,1-2H3,(H,13,14). The first kappa shape index (κ1) is 10.1. The molecular weight excluding hydrogens is 188 g/mol. The zero-order valence-electron chi connectivity index (χ0n) is 9.26. The molecule has 3 heteroatoms. The van der Waals surface area contributed by atoms with Crippen LogP contribution in [-0.2, 0) is 12.8 Å². The van der Waals surface area contributed by atoms with E-state index in [0.29, 0.717) is 0 Å². The van der Waals surface area contributed by atoms with Crippen LogP contribution in [-0.4, -0.2) is 17.8 Å². The molecule has 80 valence electrons. The number of hydrogen-bond acceptors (Lipinski definition) is 3. The molecule has 0 saturated heterocycles. The van der Waals surface area contributed by atoms with Crippen molar-refractivity contribution in [3.63, 3.8) is 0 Å². The van der Waals surface area contributed by atoms with E-state index < -0.39 is 0 Å². The highest BCUT2D eigenvalue weighted by Crippen LogP contribution is 2.24. The molecule has 1 aromatic heterocycles. The maximum absolute atomic E-state index is 11.4. The van der Waals surface area contributed by atoms with E-state index >= 15 is 0 Å². The molecule has 0 unspecified atom stereocenters. The normalized spacial score (nSPS) is 14.5. The van der Waals surface area contributed by atoms with Gasteiger partial charge in [0, 0.05) is 12.7 Å². The summed E-state index contributed by atoms with van der Waals surface area (Å²) in [4.78, 5) is 16.0. The summed E-state index contributed by atoms with van der Waals surface area (Å²) in [6.45, 7) is 1.59. The number of fused-ring (bicyclic) bond motifs is 1. The molecule has 0 bridgehead atoms. The lowest BCUT2D eigenvalue weighted by Gasteiger charge is -2.17. The molecule has 1 aliphatic rings. The quantitative estimate of drug-likeness (QED) is 0.751. The van der Waals surface area contributed by atoms with Crippen LogP contribution in [0.15, 0.2) is 6.07 Å². The molecule has 2 rings (SSSR count). The third-order valence-electron chi connectivity index (χ3n) is 2.92. The number of nitrogens with one attached hydrogen (secondary N) is 1. The van der Waals surface area contributed by atoms with Gasteiger partial charge in [-0.2, -0.15) is 0 Å². The van der Waals surface area contributed by atoms with Gasteiger partial charge in [-0.3, -0.25) is 4.79 Å². The number of carbonyl (C=O) groups is 1. The lowest BCUT2D eigenvalue weighted by atomic mass is 9.94. The number of aromatic nitrogens is 1. The molecule has 0 saturated carbocycles. The molecular formula is C12H16N2O. The Morgan fingerprint density at radius 1 is 1.40 bits per heavy atom. The van der Waals surface area contributed by atoms with E-state index in [1.165, 1.54) is 18.4 Å². The monoisotopic (exact) mass is 204 g/mol. The number of rotatable bonds is 2. The van der Waals surface area contributed by atoms with Gasteiger partial charge in [0.2, 0.25) is 0 Å². The van der Waals surface area contributed by atoms with E-state index in [2.05, 4.69) is 10.3 Å². The third kappa shape index (κ3) is 1.87. The highest BCUT2D eigenvalue weighted by molar-refractivity contribution is 5.98. The topological polar surface area (TPSA) is 42.0 Å². The molecule has 1 aliphatic carbocycles. The van der Waals surface area contributed by atoms with Crippen LogP contribution in [0.2, 0.25) is 0 Å². The SMILES string of the molecule is CNc1nc2c(cc1C(C)=O)CCCC2. The first-order chi connectivity index (χ1) is 7.22. The predicted octanol–water partition coefficient (Wildman–Crippen LogP) is 2.20. The van der Waals surface area contributed by atoms with Gasteiger partial charge in [0.05, 0.1) is 5.56 Å². The zero-order valence-corrected chi connectivity index (χ0v) is 9.26. The lowest BCUT2D eigenvalue weighted by Crippen LogP contribution is -2.11. The van der Waals surface area contributed by atoms with Crippen molar-refractivity contribution in [2.75, 3.05) is 12.4 Å². The van der Waals surface area contributed by atoms with Gasteiger partial charge < -0.3 is 5.32 Å². The second kappa shape index (κ2) is 4.01. The largest absolute Gasteiger partial charge is 0.373 e. The number of ketones is 1. The van der Waals surface area contributed by atoms with Crippen LogP contribution in [0.4, 0.5) is 5.82 Å². The van der Waals surface area contributed by atoms with Gasteiger partial charge in [-0.05, 0) is 44.2 Å². The molecule has 0 spiro atoms. The average Bonchev–Trinajstić information content (AvgIpc) is 2.27. The molecule has 1 heterocycles. The smallest absolute Gasteiger partial charge is 0.163 e. The molecule has 3 nitrogen and oxygen atoms in total. The summed E-state index contributed by atoms with van der Waals surface area (Å²) in [5, 5.41) is 3.00. The summed E-state index contributed by atoms with van der Waals surface area (Å²) in [5.41, 5.74) is 3.14. The number of anilines is 1. The summed E-state index contributed by atoms with van der Waals surface area (Å²) in [7, 11) is 1.81. The highest BCUT2D eigenvalue weighted by atomic mass is 16.1. The highest BCUT2D eigenvalue weighted by Gasteiger charge is 2.16. The molecule has 15 heavy (non-hydrogen) atoms. The van der Waals surface area contributed by atoms with Crippen molar-refractivity contribution < 1.29 is 4.79 Å². The average molecular weight is 204 g/mol. The van der Waals surface area contributed by atoms with Crippen molar-refractivity contribution in [3.8, 4) is 0 Å². The molecule has 0 aliphatic heterocycles. The summed E-state index contributed by atoms with van der Waals surface area (Å²) in [6.07, 6.45) is 4.53. The van der Waals surface area contributed by atoms with E-state index in [1.807, 2.05) is 13.1 Å². The maximum atomic E-state index is 11.4. The minimum atomic E-state index is 0.0835. The van der Waals surface area contributed by atoms with Crippen LogP contribution in [0, 0.1) is 0 Å². The Balaban J connectivity index is 2.51. The number of nitrogens with zero attached hydrogens (tertiary/aromatic N) is 1. The number of pyridine rings is 1. The second-order valence-corrected chi connectivity index (χ2v) is 4.00. The maximum Gasteiger partial charge on any atom is 0.163 e. The summed E-state index contributed by atoms with van der Waals surface area (Å²) in [5.74, 6) is 0.809. The molecule has 0 radical (unpaired) electrons. The summed E-state index contributed by atoms with van der Waals surface area (Å²) >= 11 is 0. The molecule has 0 atom stereocenters. The third-order valence-corrected chi connectivity index (χ3v) is 2.92. The van der Waals surface area contributed by atoms with Gasteiger partial charge in [-0.1, -0.05) is 0 Å². The van der Waals surface area contributed by atoms with Gasteiger partial charge in [-0.15, -0.1) is 0 Å². The Morgan fingerprint density at radius 2 is 2.13 bits per heavy atom. The molecule has 0 aromatic carbocycles. The number of Topliss-reactive ketones (excluding diaryl/α,β-unsaturated/α-hetero) is 1. The second-order valence-electron chi connectivity index (χ2n) is 4.00. The van der Waals surface area contributed by atoms with Crippen LogP contribution in [0.1, 0.15) is 41.4 Å². The lowest BCUT2D eigenvalue weighted by molar-refractivity contribution is 0.101. The van der Waals surface area contributed by atoms with Gasteiger partial charge in [0.25, 0.3) is 0 Å². The van der Waals surface area contributed by atoms with Gasteiger partial charge >= 0.3 is 0 Å². The Bertz CT molecular complexity index is 399.